The van der Waals surface area contributed by atoms with E-state index in [1.165, 1.54) is 12.8 Å². The SMILES string of the molecule is CCc1cc(N2CCC(O)(CN3CCCC3)CC2)c2nncn2n1. The summed E-state index contributed by atoms with van der Waals surface area (Å²) >= 11 is 0. The molecule has 0 radical (unpaired) electrons. The van der Waals surface area contributed by atoms with Gasteiger partial charge in [0.25, 0.3) is 0 Å². The fourth-order valence-corrected chi connectivity index (χ4v) is 3.95. The Labute approximate surface area is 142 Å². The number of aryl methyl sites for hydroxylation is 1. The predicted molar refractivity (Wildman–Crippen MR) is 92.2 cm³/mol. The van der Waals surface area contributed by atoms with Crippen LogP contribution in [0.4, 0.5) is 5.69 Å². The van der Waals surface area contributed by atoms with Crippen LogP contribution in [0.2, 0.25) is 0 Å². The fourth-order valence-electron chi connectivity index (χ4n) is 3.95. The lowest BCUT2D eigenvalue weighted by atomic mass is 9.90. The Morgan fingerprint density at radius 3 is 2.62 bits per heavy atom. The van der Waals surface area contributed by atoms with Gasteiger partial charge in [-0.3, -0.25) is 0 Å². The third-order valence-electron chi connectivity index (χ3n) is 5.41. The first-order valence-electron chi connectivity index (χ1n) is 9.06. The van der Waals surface area contributed by atoms with Gasteiger partial charge in [-0.05, 0) is 51.3 Å². The molecule has 2 aliphatic heterocycles. The molecule has 0 aliphatic carbocycles. The van der Waals surface area contributed by atoms with Crippen LogP contribution in [0.1, 0.15) is 38.3 Å². The zero-order valence-corrected chi connectivity index (χ0v) is 14.4. The van der Waals surface area contributed by atoms with Gasteiger partial charge in [0.05, 0.1) is 17.0 Å². The number of aromatic nitrogens is 4. The average molecular weight is 330 g/mol. The van der Waals surface area contributed by atoms with Crippen molar-refractivity contribution < 1.29 is 5.11 Å². The zero-order chi connectivity index (χ0) is 16.6. The van der Waals surface area contributed by atoms with Gasteiger partial charge in [-0.15, -0.1) is 10.2 Å². The molecule has 0 amide bonds. The van der Waals surface area contributed by atoms with E-state index < -0.39 is 5.60 Å². The number of anilines is 1. The molecule has 0 unspecified atom stereocenters. The molecule has 0 aromatic carbocycles. The molecule has 2 aliphatic rings. The van der Waals surface area contributed by atoms with Crippen molar-refractivity contribution in [3.05, 3.63) is 18.1 Å². The Morgan fingerprint density at radius 2 is 1.92 bits per heavy atom. The van der Waals surface area contributed by atoms with Gasteiger partial charge in [0.2, 0.25) is 5.65 Å². The van der Waals surface area contributed by atoms with Gasteiger partial charge in [0, 0.05) is 19.6 Å². The molecule has 2 aromatic heterocycles. The van der Waals surface area contributed by atoms with Crippen molar-refractivity contribution in [1.29, 1.82) is 0 Å². The van der Waals surface area contributed by atoms with Crippen LogP contribution < -0.4 is 4.90 Å². The number of likely N-dealkylation sites (tertiary alicyclic amines) is 1. The second kappa shape index (κ2) is 6.29. The topological polar surface area (TPSA) is 69.8 Å². The molecule has 4 rings (SSSR count). The van der Waals surface area contributed by atoms with Crippen LogP contribution in [0.15, 0.2) is 12.4 Å². The minimum atomic E-state index is -0.550. The van der Waals surface area contributed by atoms with Crippen LogP contribution in [0.3, 0.4) is 0 Å². The fraction of sp³-hybridized carbons (Fsp3) is 0.706. The molecule has 0 atom stereocenters. The lowest BCUT2D eigenvalue weighted by Gasteiger charge is -2.41. The first-order chi connectivity index (χ1) is 11.7. The molecule has 2 fully saturated rings. The van der Waals surface area contributed by atoms with Crippen molar-refractivity contribution in [2.24, 2.45) is 0 Å². The van der Waals surface area contributed by atoms with Crippen LogP contribution in [0.25, 0.3) is 5.65 Å². The molecule has 0 saturated carbocycles. The molecule has 1 N–H and O–H groups in total. The largest absolute Gasteiger partial charge is 0.388 e. The number of β-amino-alcohol motifs (C(OH)–C–C–N with tert-alkyl or cyclic N) is 1. The minimum Gasteiger partial charge on any atom is -0.388 e. The van der Waals surface area contributed by atoms with E-state index in [4.69, 9.17) is 0 Å². The Kier molecular flexibility index (Phi) is 4.14. The summed E-state index contributed by atoms with van der Waals surface area (Å²) in [7, 11) is 0. The lowest BCUT2D eigenvalue weighted by Crippen LogP contribution is -2.50. The van der Waals surface area contributed by atoms with E-state index >= 15 is 0 Å². The van der Waals surface area contributed by atoms with E-state index in [2.05, 4.69) is 38.1 Å². The number of piperidine rings is 1. The molecular formula is C17H26N6O. The Morgan fingerprint density at radius 1 is 1.17 bits per heavy atom. The molecule has 7 heteroatoms. The van der Waals surface area contributed by atoms with Crippen molar-refractivity contribution in [2.45, 2.75) is 44.6 Å². The number of hydrogen-bond acceptors (Lipinski definition) is 6. The molecule has 2 aromatic rings. The van der Waals surface area contributed by atoms with Gasteiger partial charge in [-0.2, -0.15) is 9.61 Å². The average Bonchev–Trinajstić information content (AvgIpc) is 3.25. The Bertz CT molecular complexity index is 700. The lowest BCUT2D eigenvalue weighted by molar-refractivity contribution is -0.0110. The molecule has 130 valence electrons. The molecule has 2 saturated heterocycles. The molecule has 24 heavy (non-hydrogen) atoms. The predicted octanol–water partition coefficient (Wildman–Crippen LogP) is 1.11. The van der Waals surface area contributed by atoms with Gasteiger partial charge in [0.15, 0.2) is 0 Å². The summed E-state index contributed by atoms with van der Waals surface area (Å²) in [6.45, 7) is 6.89. The number of rotatable bonds is 4. The minimum absolute atomic E-state index is 0.550. The summed E-state index contributed by atoms with van der Waals surface area (Å²) in [5.74, 6) is 0. The Balaban J connectivity index is 1.50. The second-order valence-electron chi connectivity index (χ2n) is 7.17. The van der Waals surface area contributed by atoms with E-state index in [-0.39, 0.29) is 0 Å². The van der Waals surface area contributed by atoms with Crippen LogP contribution in [0.5, 0.6) is 0 Å². The summed E-state index contributed by atoms with van der Waals surface area (Å²) < 4.78 is 1.76. The number of fused-ring (bicyclic) bond motifs is 1. The van der Waals surface area contributed by atoms with Crippen molar-refractivity contribution >= 4 is 11.3 Å². The van der Waals surface area contributed by atoms with Crippen molar-refractivity contribution in [3.63, 3.8) is 0 Å². The normalized spacial score (nSPS) is 21.7. The van der Waals surface area contributed by atoms with E-state index in [0.717, 1.165) is 69.0 Å². The zero-order valence-electron chi connectivity index (χ0n) is 14.4. The number of aliphatic hydroxyl groups is 1. The molecule has 0 spiro atoms. The highest BCUT2D eigenvalue weighted by atomic mass is 16.3. The van der Waals surface area contributed by atoms with Crippen LogP contribution in [-0.4, -0.2) is 68.1 Å². The highest BCUT2D eigenvalue weighted by Crippen LogP contribution is 2.30. The number of nitrogens with zero attached hydrogens (tertiary/aromatic N) is 6. The highest BCUT2D eigenvalue weighted by Gasteiger charge is 2.35. The summed E-state index contributed by atoms with van der Waals surface area (Å²) in [6, 6.07) is 2.12. The third kappa shape index (κ3) is 2.98. The van der Waals surface area contributed by atoms with Gasteiger partial charge in [-0.25, -0.2) is 0 Å². The number of hydrogen-bond donors (Lipinski definition) is 1. The second-order valence-corrected chi connectivity index (χ2v) is 7.17. The van der Waals surface area contributed by atoms with Gasteiger partial charge < -0.3 is 14.9 Å². The quantitative estimate of drug-likeness (QED) is 0.906. The van der Waals surface area contributed by atoms with Gasteiger partial charge in [0.1, 0.15) is 6.33 Å². The third-order valence-corrected chi connectivity index (χ3v) is 5.41. The maximum absolute atomic E-state index is 11.0. The maximum Gasteiger partial charge on any atom is 0.200 e. The van der Waals surface area contributed by atoms with Crippen LogP contribution >= 0.6 is 0 Å². The first-order valence-corrected chi connectivity index (χ1v) is 9.06. The monoisotopic (exact) mass is 330 g/mol. The van der Waals surface area contributed by atoms with Crippen molar-refractivity contribution in [1.82, 2.24) is 24.7 Å². The van der Waals surface area contributed by atoms with E-state index in [1.54, 1.807) is 10.8 Å². The Hall–Kier alpha value is -1.73. The van der Waals surface area contributed by atoms with Crippen molar-refractivity contribution in [2.75, 3.05) is 37.6 Å². The van der Waals surface area contributed by atoms with E-state index in [0.29, 0.717) is 0 Å². The van der Waals surface area contributed by atoms with Crippen LogP contribution in [0, 0.1) is 0 Å². The molecule has 0 bridgehead atoms. The van der Waals surface area contributed by atoms with E-state index in [1.807, 2.05) is 0 Å². The van der Waals surface area contributed by atoms with Crippen LogP contribution in [-0.2, 0) is 6.42 Å². The van der Waals surface area contributed by atoms with E-state index in [9.17, 15) is 5.11 Å². The molecule has 7 nitrogen and oxygen atoms in total. The standard InChI is InChI=1S/C17H26N6O/c1-2-14-11-15(16-19-18-13-23(16)20-14)22-9-5-17(24,6-10-22)12-21-7-3-4-8-21/h11,13,24H,2-10,12H2,1H3. The molecule has 4 heterocycles. The maximum atomic E-state index is 11.0. The van der Waals surface area contributed by atoms with Crippen molar-refractivity contribution in [3.8, 4) is 0 Å². The summed E-state index contributed by atoms with van der Waals surface area (Å²) in [5.41, 5.74) is 2.38. The smallest absolute Gasteiger partial charge is 0.200 e. The highest BCUT2D eigenvalue weighted by molar-refractivity contribution is 5.68. The molecular weight excluding hydrogens is 304 g/mol. The summed E-state index contributed by atoms with van der Waals surface area (Å²) in [5, 5.41) is 23.7. The summed E-state index contributed by atoms with van der Waals surface area (Å²) in [6.07, 6.45) is 6.68. The van der Waals surface area contributed by atoms with Gasteiger partial charge >= 0.3 is 0 Å². The van der Waals surface area contributed by atoms with Gasteiger partial charge in [-0.1, -0.05) is 6.92 Å². The first kappa shape index (κ1) is 15.8. The summed E-state index contributed by atoms with van der Waals surface area (Å²) in [4.78, 5) is 4.73.